The summed E-state index contributed by atoms with van der Waals surface area (Å²) in [6.45, 7) is 2.79. The number of nitrogens with one attached hydrogen (secondary N) is 1. The molecular formula is C11H14ClNS. The summed E-state index contributed by atoms with van der Waals surface area (Å²) < 4.78 is 0. The van der Waals surface area contributed by atoms with Crippen LogP contribution in [0.1, 0.15) is 6.92 Å². The third-order valence-corrected chi connectivity index (χ3v) is 2.93. The highest BCUT2D eigenvalue weighted by atomic mass is 35.5. The summed E-state index contributed by atoms with van der Waals surface area (Å²) in [7, 11) is 0. The van der Waals surface area contributed by atoms with E-state index >= 15 is 0 Å². The van der Waals surface area contributed by atoms with Crippen molar-refractivity contribution >= 4 is 29.1 Å². The lowest BCUT2D eigenvalue weighted by Gasteiger charge is -2.06. The average molecular weight is 228 g/mol. The van der Waals surface area contributed by atoms with Crippen molar-refractivity contribution in [3.63, 3.8) is 0 Å². The zero-order valence-corrected chi connectivity index (χ0v) is 9.95. The van der Waals surface area contributed by atoms with Gasteiger partial charge in [0.1, 0.15) is 0 Å². The van der Waals surface area contributed by atoms with Crippen LogP contribution in [0.4, 0.5) is 5.69 Å². The largest absolute Gasteiger partial charge is 0.381 e. The van der Waals surface area contributed by atoms with Crippen LogP contribution in [0.25, 0.3) is 0 Å². The second kappa shape index (κ2) is 5.99. The molecule has 0 unspecified atom stereocenters. The van der Waals surface area contributed by atoms with E-state index in [2.05, 4.69) is 29.8 Å². The number of rotatable bonds is 4. The first-order chi connectivity index (χ1) is 6.76. The molecule has 1 nitrogen and oxygen atoms in total. The normalized spacial score (nSPS) is 11.5. The fraction of sp³-hybridized carbons (Fsp3) is 0.273. The van der Waals surface area contributed by atoms with Crippen molar-refractivity contribution in [2.24, 2.45) is 0 Å². The Bertz CT molecular complexity index is 323. The van der Waals surface area contributed by atoms with Crippen LogP contribution in [-0.2, 0) is 0 Å². The molecule has 1 aromatic rings. The van der Waals surface area contributed by atoms with Crippen LogP contribution in [0.15, 0.2) is 40.3 Å². The number of hydrogen-bond donors (Lipinski definition) is 1. The molecule has 0 heterocycles. The van der Waals surface area contributed by atoms with Gasteiger partial charge in [0.25, 0.3) is 0 Å². The topological polar surface area (TPSA) is 12.0 Å². The van der Waals surface area contributed by atoms with E-state index < -0.39 is 0 Å². The maximum atomic E-state index is 5.57. The quantitative estimate of drug-likeness (QED) is 0.782. The maximum absolute atomic E-state index is 5.57. The van der Waals surface area contributed by atoms with Crippen molar-refractivity contribution in [1.82, 2.24) is 0 Å². The summed E-state index contributed by atoms with van der Waals surface area (Å²) in [5.41, 5.74) is 3.86. The van der Waals surface area contributed by atoms with Gasteiger partial charge >= 0.3 is 0 Å². The van der Waals surface area contributed by atoms with Crippen LogP contribution >= 0.6 is 23.4 Å². The van der Waals surface area contributed by atoms with Crippen molar-refractivity contribution in [3.05, 3.63) is 35.4 Å². The van der Waals surface area contributed by atoms with Gasteiger partial charge in [0.15, 0.2) is 0 Å². The molecule has 0 bridgehead atoms. The van der Waals surface area contributed by atoms with Gasteiger partial charge in [-0.1, -0.05) is 17.7 Å². The minimum absolute atomic E-state index is 0.793. The van der Waals surface area contributed by atoms with Gasteiger partial charge in [0.2, 0.25) is 0 Å². The maximum Gasteiger partial charge on any atom is 0.0369 e. The summed E-state index contributed by atoms with van der Waals surface area (Å²) in [4.78, 5) is 1.27. The molecule has 0 saturated heterocycles. The van der Waals surface area contributed by atoms with E-state index in [9.17, 15) is 0 Å². The second-order valence-corrected chi connectivity index (χ2v) is 4.14. The Kier molecular flexibility index (Phi) is 4.91. The third-order valence-electron chi connectivity index (χ3n) is 1.83. The highest BCUT2D eigenvalue weighted by Gasteiger charge is 1.94. The lowest BCUT2D eigenvalue weighted by Crippen LogP contribution is -2.01. The molecule has 1 N–H and O–H groups in total. The molecule has 0 fully saturated rings. The van der Waals surface area contributed by atoms with Crippen molar-refractivity contribution < 1.29 is 0 Å². The Hall–Kier alpha value is -0.600. The summed E-state index contributed by atoms with van der Waals surface area (Å²) in [6.07, 6.45) is 2.07. The van der Waals surface area contributed by atoms with Gasteiger partial charge < -0.3 is 5.32 Å². The van der Waals surface area contributed by atoms with Crippen LogP contribution in [0.2, 0.25) is 0 Å². The Morgan fingerprint density at radius 1 is 1.57 bits per heavy atom. The molecule has 3 heteroatoms. The molecule has 1 rings (SSSR count). The predicted molar refractivity (Wildman–Crippen MR) is 66.3 cm³/mol. The molecular weight excluding hydrogens is 214 g/mol. The van der Waals surface area contributed by atoms with Crippen LogP contribution in [0, 0.1) is 0 Å². The lowest BCUT2D eigenvalue weighted by molar-refractivity contribution is 1.21. The molecule has 0 spiro atoms. The van der Waals surface area contributed by atoms with Gasteiger partial charge in [0, 0.05) is 22.7 Å². The molecule has 1 aromatic carbocycles. The first-order valence-corrected chi connectivity index (χ1v) is 6.06. The SMILES string of the molecule is CSc1cccc(NC/C(C)=C/Cl)c1. The number of anilines is 1. The molecule has 76 valence electrons. The van der Waals surface area contributed by atoms with Crippen molar-refractivity contribution in [3.8, 4) is 0 Å². The minimum Gasteiger partial charge on any atom is -0.381 e. The van der Waals surface area contributed by atoms with Crippen molar-refractivity contribution in [1.29, 1.82) is 0 Å². The Morgan fingerprint density at radius 2 is 2.36 bits per heavy atom. The molecule has 14 heavy (non-hydrogen) atoms. The van der Waals surface area contributed by atoms with E-state index in [1.807, 2.05) is 13.0 Å². The Morgan fingerprint density at radius 3 is 3.00 bits per heavy atom. The van der Waals surface area contributed by atoms with E-state index in [4.69, 9.17) is 11.6 Å². The number of thioether (sulfide) groups is 1. The van der Waals surface area contributed by atoms with Crippen molar-refractivity contribution in [2.75, 3.05) is 18.1 Å². The van der Waals surface area contributed by atoms with Crippen LogP contribution in [0.3, 0.4) is 0 Å². The van der Waals surface area contributed by atoms with E-state index in [0.29, 0.717) is 0 Å². The zero-order chi connectivity index (χ0) is 10.4. The fourth-order valence-electron chi connectivity index (χ4n) is 1.01. The molecule has 0 amide bonds. The smallest absolute Gasteiger partial charge is 0.0369 e. The molecule has 0 aromatic heterocycles. The van der Waals surface area contributed by atoms with E-state index in [0.717, 1.165) is 17.8 Å². The van der Waals surface area contributed by atoms with Crippen LogP contribution in [-0.4, -0.2) is 12.8 Å². The molecule has 0 aliphatic heterocycles. The monoisotopic (exact) mass is 227 g/mol. The van der Waals surface area contributed by atoms with Gasteiger partial charge in [0.05, 0.1) is 0 Å². The second-order valence-electron chi connectivity index (χ2n) is 3.04. The summed E-state index contributed by atoms with van der Waals surface area (Å²) in [6, 6.07) is 8.33. The van der Waals surface area contributed by atoms with Crippen LogP contribution in [0.5, 0.6) is 0 Å². The average Bonchev–Trinajstić information content (AvgIpc) is 2.26. The van der Waals surface area contributed by atoms with Gasteiger partial charge in [-0.15, -0.1) is 11.8 Å². The van der Waals surface area contributed by atoms with Crippen molar-refractivity contribution in [2.45, 2.75) is 11.8 Å². The Balaban J connectivity index is 2.58. The number of hydrogen-bond acceptors (Lipinski definition) is 2. The molecule has 0 aliphatic carbocycles. The highest BCUT2D eigenvalue weighted by molar-refractivity contribution is 7.98. The minimum atomic E-state index is 0.793. The molecule has 0 atom stereocenters. The first kappa shape index (κ1) is 11.5. The van der Waals surface area contributed by atoms with E-state index in [-0.39, 0.29) is 0 Å². The van der Waals surface area contributed by atoms with Gasteiger partial charge in [-0.2, -0.15) is 0 Å². The third kappa shape index (κ3) is 3.64. The predicted octanol–water partition coefficient (Wildman–Crippen LogP) is 3.96. The zero-order valence-electron chi connectivity index (χ0n) is 8.38. The van der Waals surface area contributed by atoms with Gasteiger partial charge in [-0.3, -0.25) is 0 Å². The summed E-state index contributed by atoms with van der Waals surface area (Å²) >= 11 is 7.31. The molecule has 0 saturated carbocycles. The van der Waals surface area contributed by atoms with Gasteiger partial charge in [-0.25, -0.2) is 0 Å². The van der Waals surface area contributed by atoms with E-state index in [1.165, 1.54) is 4.90 Å². The fourth-order valence-corrected chi connectivity index (χ4v) is 1.55. The standard InChI is InChI=1S/C11H14ClNS/c1-9(7-12)8-13-10-4-3-5-11(6-10)14-2/h3-7,13H,8H2,1-2H3/b9-7+. The lowest BCUT2D eigenvalue weighted by atomic mass is 10.3. The van der Waals surface area contributed by atoms with Gasteiger partial charge in [-0.05, 0) is 37.0 Å². The van der Waals surface area contributed by atoms with Crippen LogP contribution < -0.4 is 5.32 Å². The Labute approximate surface area is 94.5 Å². The summed E-state index contributed by atoms with van der Waals surface area (Å²) in [5.74, 6) is 0. The molecule has 0 radical (unpaired) electrons. The first-order valence-electron chi connectivity index (χ1n) is 4.40. The molecule has 0 aliphatic rings. The number of halogens is 1. The number of benzene rings is 1. The highest BCUT2D eigenvalue weighted by Crippen LogP contribution is 2.18. The van der Waals surface area contributed by atoms with E-state index in [1.54, 1.807) is 17.3 Å². The summed E-state index contributed by atoms with van der Waals surface area (Å²) in [5, 5.41) is 3.30.